The summed E-state index contributed by atoms with van der Waals surface area (Å²) >= 11 is 6.40. The van der Waals surface area contributed by atoms with Gasteiger partial charge in [0.1, 0.15) is 18.3 Å². The van der Waals surface area contributed by atoms with E-state index in [1.807, 2.05) is 75.4 Å². The van der Waals surface area contributed by atoms with Crippen molar-refractivity contribution in [1.82, 2.24) is 10.2 Å². The fourth-order valence-corrected chi connectivity index (χ4v) is 7.06. The highest BCUT2D eigenvalue weighted by molar-refractivity contribution is 7.92. The lowest BCUT2D eigenvalue weighted by molar-refractivity contribution is -0.140. The zero-order valence-electron chi connectivity index (χ0n) is 29.2. The number of hydrogen-bond acceptors (Lipinski definition) is 7. The van der Waals surface area contributed by atoms with Gasteiger partial charge in [-0.1, -0.05) is 85.6 Å². The number of sulfonamides is 1. The number of nitrogens with one attached hydrogen (secondary N) is 1. The normalized spacial score (nSPS) is 11.8. The summed E-state index contributed by atoms with van der Waals surface area (Å²) in [6.07, 6.45) is 0.200. The second kappa shape index (κ2) is 17.3. The average Bonchev–Trinajstić information content (AvgIpc) is 3.10. The van der Waals surface area contributed by atoms with E-state index >= 15 is 0 Å². The van der Waals surface area contributed by atoms with Crippen LogP contribution in [-0.4, -0.2) is 65.6 Å². The van der Waals surface area contributed by atoms with E-state index < -0.39 is 28.5 Å². The Morgan fingerprint density at radius 2 is 1.46 bits per heavy atom. The first-order valence-electron chi connectivity index (χ1n) is 16.1. The van der Waals surface area contributed by atoms with Crippen molar-refractivity contribution in [2.75, 3.05) is 38.7 Å². The van der Waals surface area contributed by atoms with Gasteiger partial charge in [-0.2, -0.15) is 0 Å². The number of anilines is 1. The van der Waals surface area contributed by atoms with E-state index in [4.69, 9.17) is 25.8 Å². The summed E-state index contributed by atoms with van der Waals surface area (Å²) in [6, 6.07) is 24.7. The van der Waals surface area contributed by atoms with Crippen molar-refractivity contribution in [3.63, 3.8) is 0 Å². The number of rotatable bonds is 16. The van der Waals surface area contributed by atoms with E-state index in [1.54, 1.807) is 6.07 Å². The summed E-state index contributed by atoms with van der Waals surface area (Å²) in [6.45, 7) is 5.67. The number of halogens is 1. The third kappa shape index (κ3) is 9.48. The summed E-state index contributed by atoms with van der Waals surface area (Å²) in [5.41, 5.74) is 2.64. The summed E-state index contributed by atoms with van der Waals surface area (Å²) in [5, 5.41) is 3.23. The summed E-state index contributed by atoms with van der Waals surface area (Å²) in [7, 11) is -0.244. The van der Waals surface area contributed by atoms with Gasteiger partial charge in [0, 0.05) is 30.6 Å². The molecule has 0 fully saturated rings. The van der Waals surface area contributed by atoms with E-state index in [9.17, 15) is 18.0 Å². The van der Waals surface area contributed by atoms with Crippen molar-refractivity contribution in [2.45, 2.75) is 44.7 Å². The van der Waals surface area contributed by atoms with Gasteiger partial charge in [-0.15, -0.1) is 0 Å². The van der Waals surface area contributed by atoms with Crippen molar-refractivity contribution in [3.8, 4) is 17.2 Å². The topological polar surface area (TPSA) is 114 Å². The van der Waals surface area contributed by atoms with Gasteiger partial charge in [0.2, 0.25) is 11.8 Å². The van der Waals surface area contributed by atoms with Crippen LogP contribution in [0.1, 0.15) is 30.5 Å². The standard InChI is InChI=1S/C38H44ClN3O7S/c1-26(2)23-40-38(44)33(20-28-12-8-7-9-13-28)41(24-29-14-10-11-27(3)19-29)37(43)25-42(32-21-30(39)15-17-34(32)47-4)50(45,46)31-16-18-35(48-5)36(22-31)49-6/h7-19,21-22,26,33H,20,23-25H2,1-6H3,(H,40,44)/t33-/m1/s1. The van der Waals surface area contributed by atoms with Crippen LogP contribution in [0.5, 0.6) is 17.2 Å². The molecule has 10 nitrogen and oxygen atoms in total. The average molecular weight is 722 g/mol. The maximum Gasteiger partial charge on any atom is 0.265 e. The van der Waals surface area contributed by atoms with Crippen LogP contribution in [0.2, 0.25) is 5.02 Å². The lowest BCUT2D eigenvalue weighted by atomic mass is 10.0. The largest absolute Gasteiger partial charge is 0.495 e. The lowest BCUT2D eigenvalue weighted by Crippen LogP contribution is -2.53. The Labute approximate surface area is 300 Å². The first-order valence-corrected chi connectivity index (χ1v) is 17.9. The molecule has 0 aromatic heterocycles. The molecule has 266 valence electrons. The molecule has 1 N–H and O–H groups in total. The molecule has 0 heterocycles. The number of ether oxygens (including phenoxy) is 3. The molecule has 0 saturated heterocycles. The van der Waals surface area contributed by atoms with Crippen molar-refractivity contribution in [1.29, 1.82) is 0 Å². The van der Waals surface area contributed by atoms with Crippen LogP contribution in [-0.2, 0) is 32.6 Å². The molecule has 0 aliphatic heterocycles. The molecule has 1 atom stereocenters. The molecule has 0 aliphatic carbocycles. The number of carbonyl (C=O) groups is 2. The summed E-state index contributed by atoms with van der Waals surface area (Å²) < 4.78 is 46.4. The zero-order valence-corrected chi connectivity index (χ0v) is 30.8. The number of benzene rings is 4. The quantitative estimate of drug-likeness (QED) is 0.145. The summed E-state index contributed by atoms with van der Waals surface area (Å²) in [4.78, 5) is 30.1. The number of methoxy groups -OCH3 is 3. The number of hydrogen-bond donors (Lipinski definition) is 1. The Bertz CT molecular complexity index is 1890. The minimum atomic E-state index is -4.48. The Balaban J connectivity index is 1.88. The van der Waals surface area contributed by atoms with Gasteiger partial charge >= 0.3 is 0 Å². The lowest BCUT2D eigenvalue weighted by Gasteiger charge is -2.34. The van der Waals surface area contributed by atoms with Crippen LogP contribution < -0.4 is 23.8 Å². The predicted octanol–water partition coefficient (Wildman–Crippen LogP) is 6.28. The molecule has 12 heteroatoms. The first kappa shape index (κ1) is 38.1. The van der Waals surface area contributed by atoms with Crippen LogP contribution >= 0.6 is 11.6 Å². The second-order valence-corrected chi connectivity index (χ2v) is 14.5. The van der Waals surface area contributed by atoms with Gasteiger partial charge in [0.15, 0.2) is 11.5 Å². The van der Waals surface area contributed by atoms with Crippen LogP contribution in [0, 0.1) is 12.8 Å². The summed E-state index contributed by atoms with van der Waals surface area (Å²) in [5.74, 6) is -0.114. The Morgan fingerprint density at radius 3 is 2.10 bits per heavy atom. The first-order chi connectivity index (χ1) is 23.9. The van der Waals surface area contributed by atoms with Crippen molar-refractivity contribution < 1.29 is 32.2 Å². The van der Waals surface area contributed by atoms with Gasteiger partial charge in [-0.25, -0.2) is 8.42 Å². The molecule has 4 rings (SSSR count). The van der Waals surface area contributed by atoms with Crippen molar-refractivity contribution in [2.24, 2.45) is 5.92 Å². The molecule has 0 spiro atoms. The van der Waals surface area contributed by atoms with Crippen LogP contribution in [0.25, 0.3) is 0 Å². The molecule has 0 radical (unpaired) electrons. The minimum Gasteiger partial charge on any atom is -0.495 e. The maximum absolute atomic E-state index is 14.8. The molecule has 4 aromatic carbocycles. The smallest absolute Gasteiger partial charge is 0.265 e. The fourth-order valence-electron chi connectivity index (χ4n) is 5.46. The molecule has 0 aliphatic rings. The fraction of sp³-hybridized carbons (Fsp3) is 0.316. The highest BCUT2D eigenvalue weighted by Gasteiger charge is 2.36. The third-order valence-corrected chi connectivity index (χ3v) is 10.0. The van der Waals surface area contributed by atoms with Crippen molar-refractivity contribution in [3.05, 3.63) is 113 Å². The van der Waals surface area contributed by atoms with Gasteiger partial charge < -0.3 is 24.4 Å². The molecular formula is C38H44ClN3O7S. The van der Waals surface area contributed by atoms with Gasteiger partial charge in [-0.05, 0) is 54.3 Å². The van der Waals surface area contributed by atoms with Crippen molar-refractivity contribution >= 4 is 39.1 Å². The molecule has 4 aromatic rings. The number of aryl methyl sites for hydroxylation is 1. The Hall–Kier alpha value is -4.74. The molecule has 0 unspecified atom stereocenters. The van der Waals surface area contributed by atoms with E-state index in [-0.39, 0.29) is 51.9 Å². The van der Waals surface area contributed by atoms with Gasteiger partial charge in [-0.3, -0.25) is 13.9 Å². The van der Waals surface area contributed by atoms with Gasteiger partial charge in [0.05, 0.1) is 31.9 Å². The van der Waals surface area contributed by atoms with Crippen LogP contribution in [0.15, 0.2) is 95.9 Å². The highest BCUT2D eigenvalue weighted by Crippen LogP contribution is 2.37. The molecule has 0 bridgehead atoms. The zero-order chi connectivity index (χ0) is 36.4. The Morgan fingerprint density at radius 1 is 0.800 bits per heavy atom. The van der Waals surface area contributed by atoms with E-state index in [2.05, 4.69) is 5.32 Å². The number of amides is 2. The number of carbonyl (C=O) groups excluding carboxylic acids is 2. The maximum atomic E-state index is 14.8. The molecule has 2 amide bonds. The number of nitrogens with zero attached hydrogens (tertiary/aromatic N) is 2. The minimum absolute atomic E-state index is 0.0440. The van der Waals surface area contributed by atoms with Gasteiger partial charge in [0.25, 0.3) is 10.0 Å². The SMILES string of the molecule is COc1ccc(S(=O)(=O)N(CC(=O)N(Cc2cccc(C)c2)[C@H](Cc2ccccc2)C(=O)NCC(C)C)c2cc(Cl)ccc2OC)cc1OC. The molecule has 50 heavy (non-hydrogen) atoms. The van der Waals surface area contributed by atoms with E-state index in [0.717, 1.165) is 21.0 Å². The highest BCUT2D eigenvalue weighted by atomic mass is 35.5. The van der Waals surface area contributed by atoms with E-state index in [1.165, 1.54) is 56.6 Å². The second-order valence-electron chi connectivity index (χ2n) is 12.2. The Kier molecular flexibility index (Phi) is 13.1. The van der Waals surface area contributed by atoms with E-state index in [0.29, 0.717) is 12.3 Å². The van der Waals surface area contributed by atoms with Crippen LogP contribution in [0.3, 0.4) is 0 Å². The van der Waals surface area contributed by atoms with Crippen LogP contribution in [0.4, 0.5) is 5.69 Å². The predicted molar refractivity (Wildman–Crippen MR) is 196 cm³/mol. The molecule has 0 saturated carbocycles. The molecular weight excluding hydrogens is 678 g/mol. The monoisotopic (exact) mass is 721 g/mol. The third-order valence-electron chi connectivity index (χ3n) is 8.02.